The van der Waals surface area contributed by atoms with E-state index >= 15 is 0 Å². The highest BCUT2D eigenvalue weighted by molar-refractivity contribution is 6.33. The van der Waals surface area contributed by atoms with Crippen LogP contribution in [0.5, 0.6) is 11.5 Å². The number of nitrogens with zero attached hydrogens (tertiary/aromatic N) is 1. The van der Waals surface area contributed by atoms with Gasteiger partial charge in [0.05, 0.1) is 23.3 Å². The fourth-order valence-electron chi connectivity index (χ4n) is 3.38. The van der Waals surface area contributed by atoms with Crippen LogP contribution < -0.4 is 15.4 Å². The van der Waals surface area contributed by atoms with Crippen LogP contribution in [0.3, 0.4) is 0 Å². The summed E-state index contributed by atoms with van der Waals surface area (Å²) in [6.45, 7) is 2.83. The number of nitrogens with one attached hydrogen (secondary N) is 2. The number of aromatic hydroxyl groups is 1. The largest absolute Gasteiger partial charge is 0.504 e. The molecule has 3 N–H and O–H groups in total. The van der Waals surface area contributed by atoms with Crippen LogP contribution in [0.2, 0.25) is 5.02 Å². The average Bonchev–Trinajstić information content (AvgIpc) is 2.76. The third kappa shape index (κ3) is 3.98. The van der Waals surface area contributed by atoms with Crippen LogP contribution in [-0.4, -0.2) is 23.7 Å². The maximum absolute atomic E-state index is 9.88. The van der Waals surface area contributed by atoms with Crippen molar-refractivity contribution in [3.63, 3.8) is 0 Å². The molecule has 1 heterocycles. The van der Waals surface area contributed by atoms with Crippen molar-refractivity contribution < 1.29 is 9.84 Å². The predicted molar refractivity (Wildman–Crippen MR) is 124 cm³/mol. The van der Waals surface area contributed by atoms with Gasteiger partial charge in [-0.3, -0.25) is 4.98 Å². The highest BCUT2D eigenvalue weighted by Crippen LogP contribution is 2.35. The topological polar surface area (TPSA) is 66.4 Å². The molecule has 6 heteroatoms. The molecule has 3 aromatic carbocycles. The van der Waals surface area contributed by atoms with Crippen molar-refractivity contribution in [2.75, 3.05) is 24.3 Å². The summed E-state index contributed by atoms with van der Waals surface area (Å²) in [5.74, 6) is 0.555. The number of hydrogen-bond donors (Lipinski definition) is 3. The molecular formula is C24H22ClN3O2. The Hall–Kier alpha value is -3.44. The normalized spacial score (nSPS) is 10.8. The van der Waals surface area contributed by atoms with Gasteiger partial charge in [-0.2, -0.15) is 0 Å². The third-order valence-electron chi connectivity index (χ3n) is 4.87. The van der Waals surface area contributed by atoms with E-state index in [2.05, 4.69) is 21.7 Å². The Morgan fingerprint density at radius 1 is 0.967 bits per heavy atom. The first-order chi connectivity index (χ1) is 14.6. The van der Waals surface area contributed by atoms with E-state index in [0.717, 1.165) is 45.6 Å². The lowest BCUT2D eigenvalue weighted by Gasteiger charge is -2.13. The van der Waals surface area contributed by atoms with Gasteiger partial charge in [-0.05, 0) is 66.6 Å². The second-order valence-corrected chi connectivity index (χ2v) is 7.23. The lowest BCUT2D eigenvalue weighted by molar-refractivity contribution is 0.373. The van der Waals surface area contributed by atoms with Gasteiger partial charge in [0, 0.05) is 29.5 Å². The van der Waals surface area contributed by atoms with E-state index in [9.17, 15) is 5.11 Å². The number of benzene rings is 3. The van der Waals surface area contributed by atoms with E-state index in [1.165, 1.54) is 0 Å². The number of phenols is 1. The van der Waals surface area contributed by atoms with E-state index in [0.29, 0.717) is 10.8 Å². The smallest absolute Gasteiger partial charge is 0.161 e. The van der Waals surface area contributed by atoms with E-state index in [1.807, 2.05) is 55.5 Å². The van der Waals surface area contributed by atoms with E-state index in [4.69, 9.17) is 16.3 Å². The first-order valence-electron chi connectivity index (χ1n) is 9.65. The maximum atomic E-state index is 9.88. The SMILES string of the molecule is CCNc1cc(Nc2ccnc3ccc(-c4ccc(O)c(OC)c4)cc23)ccc1Cl. The first-order valence-corrected chi connectivity index (χ1v) is 10.0. The van der Waals surface area contributed by atoms with Crippen molar-refractivity contribution in [3.8, 4) is 22.6 Å². The second kappa shape index (κ2) is 8.51. The minimum absolute atomic E-state index is 0.116. The number of anilines is 3. The quantitative estimate of drug-likeness (QED) is 0.335. The minimum Gasteiger partial charge on any atom is -0.504 e. The molecule has 4 aromatic rings. The predicted octanol–water partition coefficient (Wildman–Crippen LogP) is 6.44. The standard InChI is InChI=1S/C24H22ClN3O2/c1-3-26-22-14-17(6-7-19(22)25)28-21-10-11-27-20-8-4-15(12-18(20)21)16-5-9-23(29)24(13-16)30-2/h4-14,26,29H,3H2,1-2H3,(H,27,28). The summed E-state index contributed by atoms with van der Waals surface area (Å²) in [4.78, 5) is 4.49. The average molecular weight is 420 g/mol. The van der Waals surface area contributed by atoms with Crippen LogP contribution in [0, 0.1) is 0 Å². The highest BCUT2D eigenvalue weighted by atomic mass is 35.5. The number of methoxy groups -OCH3 is 1. The number of rotatable bonds is 6. The van der Waals surface area contributed by atoms with Gasteiger partial charge in [0.25, 0.3) is 0 Å². The number of halogens is 1. The lowest BCUT2D eigenvalue weighted by Crippen LogP contribution is -1.99. The van der Waals surface area contributed by atoms with Crippen LogP contribution in [0.4, 0.5) is 17.1 Å². The molecule has 1 aromatic heterocycles. The summed E-state index contributed by atoms with van der Waals surface area (Å²) in [6, 6.07) is 19.2. The van der Waals surface area contributed by atoms with Crippen molar-refractivity contribution in [1.82, 2.24) is 4.98 Å². The molecule has 0 radical (unpaired) electrons. The summed E-state index contributed by atoms with van der Waals surface area (Å²) < 4.78 is 5.25. The number of pyridine rings is 1. The zero-order valence-electron chi connectivity index (χ0n) is 16.7. The lowest BCUT2D eigenvalue weighted by atomic mass is 10.0. The molecule has 0 amide bonds. The van der Waals surface area contributed by atoms with Crippen LogP contribution >= 0.6 is 11.6 Å². The Labute approximate surface area is 180 Å². The van der Waals surface area contributed by atoms with Crippen LogP contribution in [-0.2, 0) is 0 Å². The molecule has 0 aliphatic rings. The van der Waals surface area contributed by atoms with Crippen LogP contribution in [0.15, 0.2) is 66.9 Å². The molecule has 4 rings (SSSR count). The molecule has 0 saturated carbocycles. The monoisotopic (exact) mass is 419 g/mol. The van der Waals surface area contributed by atoms with Crippen molar-refractivity contribution in [2.45, 2.75) is 6.92 Å². The molecule has 152 valence electrons. The molecule has 0 unspecified atom stereocenters. The Kier molecular flexibility index (Phi) is 5.63. The summed E-state index contributed by atoms with van der Waals surface area (Å²) in [5.41, 5.74) is 5.59. The molecule has 0 fully saturated rings. The number of hydrogen-bond acceptors (Lipinski definition) is 5. The van der Waals surface area contributed by atoms with Crippen molar-refractivity contribution >= 4 is 39.6 Å². The van der Waals surface area contributed by atoms with Gasteiger partial charge in [-0.25, -0.2) is 0 Å². The van der Waals surface area contributed by atoms with Gasteiger partial charge in [0.2, 0.25) is 0 Å². The zero-order chi connectivity index (χ0) is 21.1. The summed E-state index contributed by atoms with van der Waals surface area (Å²) >= 11 is 6.27. The van der Waals surface area contributed by atoms with E-state index < -0.39 is 0 Å². The molecule has 0 saturated heterocycles. The Morgan fingerprint density at radius 2 is 1.77 bits per heavy atom. The molecular weight excluding hydrogens is 398 g/mol. The van der Waals surface area contributed by atoms with Gasteiger partial charge >= 0.3 is 0 Å². The van der Waals surface area contributed by atoms with Gasteiger partial charge < -0.3 is 20.5 Å². The maximum Gasteiger partial charge on any atom is 0.161 e. The fourth-order valence-corrected chi connectivity index (χ4v) is 3.56. The third-order valence-corrected chi connectivity index (χ3v) is 5.20. The molecule has 5 nitrogen and oxygen atoms in total. The van der Waals surface area contributed by atoms with Gasteiger partial charge in [0.15, 0.2) is 11.5 Å². The Balaban J connectivity index is 1.75. The number of fused-ring (bicyclic) bond motifs is 1. The number of ether oxygens (including phenoxy) is 1. The zero-order valence-corrected chi connectivity index (χ0v) is 17.5. The molecule has 0 bridgehead atoms. The Bertz CT molecular complexity index is 1210. The molecule has 0 spiro atoms. The van der Waals surface area contributed by atoms with Crippen LogP contribution in [0.1, 0.15) is 6.92 Å². The van der Waals surface area contributed by atoms with Gasteiger partial charge in [-0.15, -0.1) is 0 Å². The molecule has 0 aliphatic carbocycles. The first kappa shape index (κ1) is 19.9. The van der Waals surface area contributed by atoms with E-state index in [-0.39, 0.29) is 5.75 Å². The molecule has 0 aliphatic heterocycles. The highest BCUT2D eigenvalue weighted by Gasteiger charge is 2.09. The van der Waals surface area contributed by atoms with Crippen LogP contribution in [0.25, 0.3) is 22.0 Å². The Morgan fingerprint density at radius 3 is 2.57 bits per heavy atom. The van der Waals surface area contributed by atoms with Gasteiger partial charge in [-0.1, -0.05) is 23.7 Å². The number of phenolic OH excluding ortho intramolecular Hbond substituents is 1. The molecule has 30 heavy (non-hydrogen) atoms. The van der Waals surface area contributed by atoms with Crippen molar-refractivity contribution in [2.24, 2.45) is 0 Å². The summed E-state index contributed by atoms with van der Waals surface area (Å²) in [5, 5.41) is 18.3. The summed E-state index contributed by atoms with van der Waals surface area (Å²) in [7, 11) is 1.54. The number of aromatic nitrogens is 1. The molecule has 0 atom stereocenters. The van der Waals surface area contributed by atoms with Crippen molar-refractivity contribution in [3.05, 3.63) is 71.9 Å². The fraction of sp³-hybridized carbons (Fsp3) is 0.125. The summed E-state index contributed by atoms with van der Waals surface area (Å²) in [6.07, 6.45) is 1.79. The van der Waals surface area contributed by atoms with E-state index in [1.54, 1.807) is 19.4 Å². The van der Waals surface area contributed by atoms with Gasteiger partial charge in [0.1, 0.15) is 0 Å². The van der Waals surface area contributed by atoms with Crippen molar-refractivity contribution in [1.29, 1.82) is 0 Å². The minimum atomic E-state index is 0.116. The second-order valence-electron chi connectivity index (χ2n) is 6.83.